The minimum atomic E-state index is -0.0813. The Kier molecular flexibility index (Phi) is 12.9. The van der Waals surface area contributed by atoms with Gasteiger partial charge in [0.05, 0.1) is 7.11 Å². The van der Waals surface area contributed by atoms with Gasteiger partial charge < -0.3 is 25.2 Å². The number of benzene rings is 8. The molecule has 61 heavy (non-hydrogen) atoms. The van der Waals surface area contributed by atoms with Crippen LogP contribution in [0.2, 0.25) is 0 Å². The van der Waals surface area contributed by atoms with Crippen LogP contribution in [0, 0.1) is 20.8 Å². The van der Waals surface area contributed by atoms with Crippen molar-refractivity contribution < 1.29 is 25.2 Å². The van der Waals surface area contributed by atoms with E-state index in [4.69, 9.17) is 4.74 Å². The van der Waals surface area contributed by atoms with E-state index >= 15 is 0 Å². The van der Waals surface area contributed by atoms with Crippen LogP contribution in [0.5, 0.6) is 28.7 Å². The van der Waals surface area contributed by atoms with E-state index in [1.54, 1.807) is 31.4 Å². The molecule has 0 atom stereocenters. The molecule has 0 bridgehead atoms. The molecule has 6 nitrogen and oxygen atoms in total. The van der Waals surface area contributed by atoms with Gasteiger partial charge in [0, 0.05) is 67.8 Å². The van der Waals surface area contributed by atoms with Crippen LogP contribution in [0.4, 0.5) is 22.7 Å². The highest BCUT2D eigenvalue weighted by Gasteiger charge is 2.38. The fourth-order valence-electron chi connectivity index (χ4n) is 8.10. The second-order valence-electron chi connectivity index (χ2n) is 15.5. The van der Waals surface area contributed by atoms with Gasteiger partial charge in [0.2, 0.25) is 0 Å². The monoisotopic (exact) mass is 805 g/mol. The van der Waals surface area contributed by atoms with Gasteiger partial charge in [0.25, 0.3) is 0 Å². The lowest BCUT2D eigenvalue weighted by Crippen LogP contribution is -2.33. The van der Waals surface area contributed by atoms with Gasteiger partial charge in [-0.3, -0.25) is 0 Å². The third kappa shape index (κ3) is 9.31. The van der Waals surface area contributed by atoms with Gasteiger partial charge in [0.15, 0.2) is 0 Å². The summed E-state index contributed by atoms with van der Waals surface area (Å²) in [6, 6.07) is 60.2. The highest BCUT2D eigenvalue weighted by molar-refractivity contribution is 5.81. The summed E-state index contributed by atoms with van der Waals surface area (Å²) in [5, 5.41) is 44.7. The van der Waals surface area contributed by atoms with E-state index in [9.17, 15) is 20.4 Å². The lowest BCUT2D eigenvalue weighted by atomic mass is 9.93. The predicted octanol–water partition coefficient (Wildman–Crippen LogP) is 12.6. The van der Waals surface area contributed by atoms with Gasteiger partial charge in [-0.1, -0.05) is 137 Å². The molecule has 0 fully saturated rings. The Bertz CT molecular complexity index is 2620. The summed E-state index contributed by atoms with van der Waals surface area (Å²) in [5.74, 6) is 1.29. The molecule has 0 unspecified atom stereocenters. The average Bonchev–Trinajstić information content (AvgIpc) is 3.28. The topological polar surface area (TPSA) is 93.0 Å². The number of quaternary nitrogens is 1. The molecule has 0 saturated heterocycles. The summed E-state index contributed by atoms with van der Waals surface area (Å²) < 4.78 is 5.90. The standard InChI is InChI=1S/C30H30O4.C25H22NO/c1-18-7-9-27(31)23(11-18)15-21-5-4-6-22(29(21)33)16-25-13-20(3)14-26(30(25)34)17-24-12-19(2)8-10-28(24)32;1-27-25-19-17-24(18-20-25)26(21-11-5-2-6-12-21,22-13-7-3-8-14-22)23-15-9-4-10-16-23/h4-14,31-34H,15-17H2,1-3H3;2-20H,1H3/q;+1/p-1. The number of aryl methyl sites for hydroxylation is 3. The zero-order valence-corrected chi connectivity index (χ0v) is 35.0. The van der Waals surface area contributed by atoms with Crippen molar-refractivity contribution in [2.24, 2.45) is 0 Å². The quantitative estimate of drug-likeness (QED) is 0.113. The SMILES string of the molecule is COc1ccc([N+](c2ccccc2)(c2ccccc2)c2ccccc2)cc1.Cc1ccc(O)c(Cc2cccc(Cc3cc(C)cc(Cc4cc(C)ccc4O)c3O)c2[O-])c1. The Labute approximate surface area is 359 Å². The Morgan fingerprint density at radius 1 is 0.410 bits per heavy atom. The molecule has 0 heterocycles. The summed E-state index contributed by atoms with van der Waals surface area (Å²) in [7, 11) is 1.70. The summed E-state index contributed by atoms with van der Waals surface area (Å²) in [5.41, 5.74) is 11.8. The molecule has 8 aromatic carbocycles. The molecule has 8 aromatic rings. The van der Waals surface area contributed by atoms with Crippen molar-refractivity contribution in [1.29, 1.82) is 0 Å². The second-order valence-corrected chi connectivity index (χ2v) is 15.5. The van der Waals surface area contributed by atoms with E-state index in [1.165, 1.54) is 17.1 Å². The number of aromatic hydroxyl groups is 3. The smallest absolute Gasteiger partial charge is 0.148 e. The maximum Gasteiger partial charge on any atom is 0.148 e. The van der Waals surface area contributed by atoms with Crippen molar-refractivity contribution in [3.05, 3.63) is 232 Å². The van der Waals surface area contributed by atoms with Gasteiger partial charge >= 0.3 is 0 Å². The lowest BCUT2D eigenvalue weighted by Gasteiger charge is -2.37. The molecule has 306 valence electrons. The third-order valence-electron chi connectivity index (χ3n) is 11.1. The Morgan fingerprint density at radius 3 is 1.21 bits per heavy atom. The molecular weight excluding hydrogens is 755 g/mol. The van der Waals surface area contributed by atoms with Gasteiger partial charge in [-0.25, -0.2) is 0 Å². The first-order valence-electron chi connectivity index (χ1n) is 20.4. The molecule has 0 aliphatic heterocycles. The number of hydrogen-bond donors (Lipinski definition) is 3. The first-order valence-corrected chi connectivity index (χ1v) is 20.4. The van der Waals surface area contributed by atoms with E-state index in [0.29, 0.717) is 51.6 Å². The Morgan fingerprint density at radius 2 is 0.787 bits per heavy atom. The molecule has 0 radical (unpaired) electrons. The van der Waals surface area contributed by atoms with Crippen molar-refractivity contribution in [2.75, 3.05) is 7.11 Å². The Balaban J connectivity index is 0.000000189. The molecule has 0 spiro atoms. The van der Waals surface area contributed by atoms with Crippen molar-refractivity contribution in [2.45, 2.75) is 40.0 Å². The third-order valence-corrected chi connectivity index (χ3v) is 11.1. The fraction of sp³-hybridized carbons (Fsp3) is 0.127. The van der Waals surface area contributed by atoms with Crippen LogP contribution >= 0.6 is 0 Å². The zero-order chi connectivity index (χ0) is 42.9. The van der Waals surface area contributed by atoms with Gasteiger partial charge in [0.1, 0.15) is 45.7 Å². The minimum Gasteiger partial charge on any atom is -0.872 e. The molecule has 0 aromatic heterocycles. The van der Waals surface area contributed by atoms with Crippen molar-refractivity contribution in [3.63, 3.8) is 0 Å². The summed E-state index contributed by atoms with van der Waals surface area (Å²) in [6.45, 7) is 5.87. The number of ether oxygens (including phenoxy) is 1. The van der Waals surface area contributed by atoms with Gasteiger partial charge in [-0.2, -0.15) is 4.48 Å². The van der Waals surface area contributed by atoms with Crippen LogP contribution < -0.4 is 14.3 Å². The second kappa shape index (κ2) is 18.8. The van der Waals surface area contributed by atoms with Crippen molar-refractivity contribution in [3.8, 4) is 28.7 Å². The number of methoxy groups -OCH3 is 1. The first-order chi connectivity index (χ1) is 29.6. The number of phenols is 3. The Hall–Kier alpha value is -7.28. The fourth-order valence-corrected chi connectivity index (χ4v) is 8.10. The summed E-state index contributed by atoms with van der Waals surface area (Å²) in [6.07, 6.45) is 1.04. The maximum atomic E-state index is 13.2. The zero-order valence-electron chi connectivity index (χ0n) is 35.0. The predicted molar refractivity (Wildman–Crippen MR) is 246 cm³/mol. The minimum absolute atomic E-state index is 0.0813. The number of rotatable bonds is 11. The lowest BCUT2D eigenvalue weighted by molar-refractivity contribution is -0.270. The van der Waals surface area contributed by atoms with E-state index in [0.717, 1.165) is 33.7 Å². The highest BCUT2D eigenvalue weighted by atomic mass is 16.5. The van der Waals surface area contributed by atoms with E-state index in [-0.39, 0.29) is 23.0 Å². The van der Waals surface area contributed by atoms with Gasteiger partial charge in [-0.05, 0) is 67.3 Å². The average molecular weight is 806 g/mol. The van der Waals surface area contributed by atoms with Crippen molar-refractivity contribution in [1.82, 2.24) is 4.48 Å². The first kappa shape index (κ1) is 41.9. The van der Waals surface area contributed by atoms with Crippen LogP contribution in [-0.2, 0) is 19.3 Å². The molecule has 0 amide bonds. The van der Waals surface area contributed by atoms with Crippen molar-refractivity contribution >= 4 is 22.7 Å². The highest BCUT2D eigenvalue weighted by Crippen LogP contribution is 2.51. The van der Waals surface area contributed by atoms with Gasteiger partial charge in [-0.15, -0.1) is 5.75 Å². The van der Waals surface area contributed by atoms with E-state index in [2.05, 4.69) is 103 Å². The largest absolute Gasteiger partial charge is 0.872 e. The molecular formula is C55H51NO5. The number of phenolic OH excluding ortho intramolecular Hbond substituents is 3. The number of nitrogens with zero attached hydrogens (tertiary/aromatic N) is 1. The van der Waals surface area contributed by atoms with Crippen LogP contribution in [0.1, 0.15) is 50.1 Å². The maximum absolute atomic E-state index is 13.2. The summed E-state index contributed by atoms with van der Waals surface area (Å²) >= 11 is 0. The summed E-state index contributed by atoms with van der Waals surface area (Å²) in [4.78, 5) is 0. The molecule has 3 N–H and O–H groups in total. The van der Waals surface area contributed by atoms with E-state index in [1.807, 2.05) is 75.4 Å². The molecule has 8 rings (SSSR count). The molecule has 0 saturated carbocycles. The normalized spacial score (nSPS) is 11.1. The van der Waals surface area contributed by atoms with Crippen LogP contribution in [0.25, 0.3) is 0 Å². The number of para-hydroxylation sites is 4. The van der Waals surface area contributed by atoms with E-state index < -0.39 is 0 Å². The molecule has 6 heteroatoms. The van der Waals surface area contributed by atoms with Crippen LogP contribution in [0.3, 0.4) is 0 Å². The van der Waals surface area contributed by atoms with Crippen LogP contribution in [0.15, 0.2) is 182 Å². The number of hydrogen-bond acceptors (Lipinski definition) is 5. The van der Waals surface area contributed by atoms with Crippen LogP contribution in [-0.4, -0.2) is 22.4 Å². The molecule has 0 aliphatic rings. The molecule has 0 aliphatic carbocycles.